The van der Waals surface area contributed by atoms with Crippen LogP contribution in [-0.4, -0.2) is 93.9 Å². The lowest BCUT2D eigenvalue weighted by Crippen LogP contribution is -2.62. The normalized spacial score (nSPS) is 50.0. The Kier molecular flexibility index (Phi) is 6.07. The summed E-state index contributed by atoms with van der Waals surface area (Å²) in [4.78, 5) is 0. The number of aliphatic hydroxyl groups is 5. The number of hydrogen-bond acceptors (Lipinski definition) is 10. The van der Waals surface area contributed by atoms with E-state index in [0.717, 1.165) is 0 Å². The van der Waals surface area contributed by atoms with Crippen LogP contribution in [-0.2, 0) is 14.2 Å². The molecule has 130 valence electrons. The van der Waals surface area contributed by atoms with E-state index in [1.807, 2.05) is 0 Å². The maximum absolute atomic E-state index is 9.94. The van der Waals surface area contributed by atoms with Crippen LogP contribution in [0.2, 0.25) is 0 Å². The van der Waals surface area contributed by atoms with Crippen LogP contribution in [0.4, 0.5) is 0 Å². The summed E-state index contributed by atoms with van der Waals surface area (Å²) >= 11 is 0. The van der Waals surface area contributed by atoms with Crippen molar-refractivity contribution in [2.45, 2.75) is 61.7 Å². The zero-order valence-electron chi connectivity index (χ0n) is 11.9. The van der Waals surface area contributed by atoms with Gasteiger partial charge in [-0.1, -0.05) is 0 Å². The van der Waals surface area contributed by atoms with Crippen molar-refractivity contribution >= 4 is 0 Å². The second kappa shape index (κ2) is 7.45. The molecule has 0 radical (unpaired) electrons. The largest absolute Gasteiger partial charge is 0.388 e. The molecule has 2 saturated heterocycles. The standard InChI is InChI=1S/C12H24N2O8/c13-2-6-5(1-4(15)11(19)20-6)21-12-10(18)9(17)8(16)7(3-14)22-12/h4-12,15-19H,1-3,13-14H2/t4-,5+,6-,7-,8-,9+,10-,11+,12-/m1/s1. The summed E-state index contributed by atoms with van der Waals surface area (Å²) in [5.74, 6) is 0. The number of hydrogen-bond donors (Lipinski definition) is 7. The third-order valence-electron chi connectivity index (χ3n) is 3.97. The highest BCUT2D eigenvalue weighted by molar-refractivity contribution is 4.91. The summed E-state index contributed by atoms with van der Waals surface area (Å²) in [6.07, 6.45) is -10.5. The van der Waals surface area contributed by atoms with Crippen molar-refractivity contribution < 1.29 is 39.7 Å². The molecule has 2 heterocycles. The molecule has 2 aliphatic heterocycles. The molecule has 22 heavy (non-hydrogen) atoms. The van der Waals surface area contributed by atoms with Crippen LogP contribution in [0.15, 0.2) is 0 Å². The molecule has 0 unspecified atom stereocenters. The van der Waals surface area contributed by atoms with E-state index in [2.05, 4.69) is 0 Å². The van der Waals surface area contributed by atoms with Crippen molar-refractivity contribution in [1.29, 1.82) is 0 Å². The topological polar surface area (TPSA) is 181 Å². The lowest BCUT2D eigenvalue weighted by atomic mass is 9.98. The highest BCUT2D eigenvalue weighted by Gasteiger charge is 2.46. The molecule has 0 aromatic rings. The fourth-order valence-corrected chi connectivity index (χ4v) is 2.61. The maximum Gasteiger partial charge on any atom is 0.187 e. The number of nitrogens with two attached hydrogens (primary N) is 2. The molecule has 9 N–H and O–H groups in total. The summed E-state index contributed by atoms with van der Waals surface area (Å²) in [5.41, 5.74) is 11.0. The Morgan fingerprint density at radius 2 is 1.50 bits per heavy atom. The van der Waals surface area contributed by atoms with Crippen LogP contribution in [0.1, 0.15) is 6.42 Å². The molecule has 0 aromatic carbocycles. The molecule has 0 aromatic heterocycles. The van der Waals surface area contributed by atoms with Crippen molar-refractivity contribution in [3.63, 3.8) is 0 Å². The maximum atomic E-state index is 9.94. The Balaban J connectivity index is 2.04. The van der Waals surface area contributed by atoms with Crippen molar-refractivity contribution in [3.8, 4) is 0 Å². The molecule has 2 fully saturated rings. The average Bonchev–Trinajstić information content (AvgIpc) is 2.51. The van der Waals surface area contributed by atoms with Gasteiger partial charge in [-0.05, 0) is 0 Å². The third-order valence-corrected chi connectivity index (χ3v) is 3.97. The first kappa shape index (κ1) is 17.9. The summed E-state index contributed by atoms with van der Waals surface area (Å²) in [5, 5.41) is 48.6. The zero-order valence-corrected chi connectivity index (χ0v) is 11.9. The van der Waals surface area contributed by atoms with E-state index in [-0.39, 0.29) is 19.5 Å². The summed E-state index contributed by atoms with van der Waals surface area (Å²) in [6, 6.07) is 0. The van der Waals surface area contributed by atoms with Crippen molar-refractivity contribution in [3.05, 3.63) is 0 Å². The van der Waals surface area contributed by atoms with Gasteiger partial charge in [0.25, 0.3) is 0 Å². The second-order valence-electron chi connectivity index (χ2n) is 5.53. The van der Waals surface area contributed by atoms with Gasteiger partial charge in [0.05, 0.1) is 12.2 Å². The van der Waals surface area contributed by atoms with Gasteiger partial charge in [-0.25, -0.2) is 0 Å². The van der Waals surface area contributed by atoms with Gasteiger partial charge < -0.3 is 51.2 Å². The molecule has 2 aliphatic rings. The first-order chi connectivity index (χ1) is 10.4. The van der Waals surface area contributed by atoms with Gasteiger partial charge in [-0.15, -0.1) is 0 Å². The molecule has 0 saturated carbocycles. The summed E-state index contributed by atoms with van der Waals surface area (Å²) < 4.78 is 16.0. The average molecular weight is 324 g/mol. The van der Waals surface area contributed by atoms with Gasteiger partial charge in [0.2, 0.25) is 0 Å². The van der Waals surface area contributed by atoms with E-state index in [1.54, 1.807) is 0 Å². The molecule has 0 spiro atoms. The molecule has 0 amide bonds. The molecule has 9 atom stereocenters. The highest BCUT2D eigenvalue weighted by atomic mass is 16.7. The minimum atomic E-state index is -1.50. The van der Waals surface area contributed by atoms with Crippen molar-refractivity contribution in [2.24, 2.45) is 11.5 Å². The van der Waals surface area contributed by atoms with Crippen LogP contribution in [0, 0.1) is 0 Å². The lowest BCUT2D eigenvalue weighted by Gasteiger charge is -2.43. The van der Waals surface area contributed by atoms with E-state index in [4.69, 9.17) is 25.7 Å². The van der Waals surface area contributed by atoms with Gasteiger partial charge in [-0.3, -0.25) is 0 Å². The Morgan fingerprint density at radius 3 is 2.09 bits per heavy atom. The molecule has 0 aliphatic carbocycles. The Bertz CT molecular complexity index is 360. The second-order valence-corrected chi connectivity index (χ2v) is 5.53. The first-order valence-electron chi connectivity index (χ1n) is 7.15. The first-order valence-corrected chi connectivity index (χ1v) is 7.15. The Morgan fingerprint density at radius 1 is 0.864 bits per heavy atom. The SMILES string of the molecule is NC[C@H]1O[C@@H](O[C@H]2C[C@@H](O)[C@@H](O)O[C@@H]2CN)[C@H](O)[C@@H](O)[C@@H]1O. The fraction of sp³-hybridized carbons (Fsp3) is 1.00. The fourth-order valence-electron chi connectivity index (χ4n) is 2.61. The Labute approximate surface area is 127 Å². The van der Waals surface area contributed by atoms with Crippen LogP contribution in [0.5, 0.6) is 0 Å². The molecule has 10 nitrogen and oxygen atoms in total. The minimum Gasteiger partial charge on any atom is -0.388 e. The molecular formula is C12H24N2O8. The van der Waals surface area contributed by atoms with E-state index >= 15 is 0 Å². The van der Waals surface area contributed by atoms with E-state index in [9.17, 15) is 25.5 Å². The third kappa shape index (κ3) is 3.57. The van der Waals surface area contributed by atoms with E-state index in [1.165, 1.54) is 0 Å². The van der Waals surface area contributed by atoms with E-state index < -0.39 is 55.3 Å². The zero-order chi connectivity index (χ0) is 16.4. The molecule has 2 rings (SSSR count). The summed E-state index contributed by atoms with van der Waals surface area (Å²) in [7, 11) is 0. The van der Waals surface area contributed by atoms with E-state index in [0.29, 0.717) is 0 Å². The van der Waals surface area contributed by atoms with Crippen molar-refractivity contribution in [2.75, 3.05) is 13.1 Å². The lowest BCUT2D eigenvalue weighted by molar-refractivity contribution is -0.332. The number of ether oxygens (including phenoxy) is 3. The van der Waals surface area contributed by atoms with Crippen LogP contribution in [0.3, 0.4) is 0 Å². The molecular weight excluding hydrogens is 300 g/mol. The van der Waals surface area contributed by atoms with Gasteiger partial charge in [0, 0.05) is 19.5 Å². The predicted octanol–water partition coefficient (Wildman–Crippen LogP) is -4.44. The smallest absolute Gasteiger partial charge is 0.187 e. The highest BCUT2D eigenvalue weighted by Crippen LogP contribution is 2.27. The predicted molar refractivity (Wildman–Crippen MR) is 71.2 cm³/mol. The number of rotatable bonds is 4. The van der Waals surface area contributed by atoms with Gasteiger partial charge in [0.1, 0.15) is 30.5 Å². The summed E-state index contributed by atoms with van der Waals surface area (Å²) in [6.45, 7) is -0.0591. The molecule has 0 bridgehead atoms. The van der Waals surface area contributed by atoms with Gasteiger partial charge >= 0.3 is 0 Å². The molecule has 10 heteroatoms. The van der Waals surface area contributed by atoms with Crippen LogP contribution in [0.25, 0.3) is 0 Å². The van der Waals surface area contributed by atoms with Gasteiger partial charge in [-0.2, -0.15) is 0 Å². The van der Waals surface area contributed by atoms with Gasteiger partial charge in [0.15, 0.2) is 12.6 Å². The quantitative estimate of drug-likeness (QED) is 0.266. The minimum absolute atomic E-state index is 0.0154. The monoisotopic (exact) mass is 324 g/mol. The Hall–Kier alpha value is -0.400. The number of aliphatic hydroxyl groups excluding tert-OH is 5. The van der Waals surface area contributed by atoms with Crippen molar-refractivity contribution in [1.82, 2.24) is 0 Å². The van der Waals surface area contributed by atoms with Crippen LogP contribution >= 0.6 is 0 Å². The van der Waals surface area contributed by atoms with Crippen LogP contribution < -0.4 is 11.5 Å².